The van der Waals surface area contributed by atoms with Gasteiger partial charge in [0, 0.05) is 43.7 Å². The number of thioether (sulfide) groups is 1. The summed E-state index contributed by atoms with van der Waals surface area (Å²) in [5.41, 5.74) is -0.161. The highest BCUT2D eigenvalue weighted by molar-refractivity contribution is 8.00. The van der Waals surface area contributed by atoms with Gasteiger partial charge in [0.1, 0.15) is 34.1 Å². The summed E-state index contributed by atoms with van der Waals surface area (Å²) in [7, 11) is 1.40. The summed E-state index contributed by atoms with van der Waals surface area (Å²) < 4.78 is 28.8. The highest BCUT2D eigenvalue weighted by Gasteiger charge is 2.54. The number of fused-ring (bicyclic) bond motifs is 2. The molecule has 0 unspecified atom stereocenters. The lowest BCUT2D eigenvalue weighted by atomic mass is 9.99. The standard InChI is InChI=1S/C36H38FN5O9S/c1-18(38-13-20-17-52-34-27(33(45)42(34)28(20)36(48)49)39-26(43)16-51-22-6-4-3-5-7-22)19-10-11-40(14-19)30-25(37)12-23-29(32(30)50-2)41(21-8-9-21)15-24(31(23)44)35(46)47/h3-7,12,15,18-19,21,27,34,38H,8-11,13-14,16-17H2,1-2H3,(H,39,43)(H,46,47)(H,48,49)/t18-,19+,27+,34+/m0/s1. The van der Waals surface area contributed by atoms with E-state index in [1.54, 1.807) is 28.8 Å². The molecular weight excluding hydrogens is 697 g/mol. The largest absolute Gasteiger partial charge is 0.492 e. The third-order valence-electron chi connectivity index (χ3n) is 10.1. The van der Waals surface area contributed by atoms with Gasteiger partial charge in [-0.15, -0.1) is 11.8 Å². The Kier molecular flexibility index (Phi) is 9.61. The Balaban J connectivity index is 1.02. The zero-order chi connectivity index (χ0) is 36.8. The summed E-state index contributed by atoms with van der Waals surface area (Å²) in [5.74, 6) is -3.22. The molecule has 3 aliphatic heterocycles. The number of nitrogens with one attached hydrogen (secondary N) is 2. The number of aromatic nitrogens is 1. The number of hydrogen-bond acceptors (Lipinski definition) is 10. The van der Waals surface area contributed by atoms with Gasteiger partial charge in [-0.25, -0.2) is 14.0 Å². The zero-order valence-electron chi connectivity index (χ0n) is 28.5. The van der Waals surface area contributed by atoms with Crippen LogP contribution in [-0.2, 0) is 14.4 Å². The molecule has 0 bridgehead atoms. The molecule has 7 rings (SSSR count). The van der Waals surface area contributed by atoms with Crippen LogP contribution in [0.3, 0.4) is 0 Å². The Morgan fingerprint density at radius 1 is 1.10 bits per heavy atom. The first kappa shape index (κ1) is 35.3. The van der Waals surface area contributed by atoms with Crippen LogP contribution in [0.1, 0.15) is 42.6 Å². The molecule has 4 N–H and O–H groups in total. The van der Waals surface area contributed by atoms with E-state index in [1.807, 2.05) is 17.9 Å². The number of benzene rings is 2. The lowest BCUT2D eigenvalue weighted by molar-refractivity contribution is -0.151. The van der Waals surface area contributed by atoms with Crippen molar-refractivity contribution in [3.8, 4) is 11.5 Å². The van der Waals surface area contributed by atoms with Crippen LogP contribution in [0.15, 0.2) is 58.7 Å². The molecule has 3 aromatic rings. The quantitative estimate of drug-likeness (QED) is 0.189. The van der Waals surface area contributed by atoms with E-state index < -0.39 is 52.0 Å². The molecule has 14 nitrogen and oxygen atoms in total. The second kappa shape index (κ2) is 14.1. The number of halogens is 1. The Bertz CT molecular complexity index is 2050. The van der Waals surface area contributed by atoms with Crippen LogP contribution in [0.25, 0.3) is 10.9 Å². The van der Waals surface area contributed by atoms with Crippen molar-refractivity contribution in [2.75, 3.05) is 44.0 Å². The molecule has 0 radical (unpaired) electrons. The number of aromatic carboxylic acids is 1. The van der Waals surface area contributed by atoms with Crippen LogP contribution in [-0.4, -0.2) is 100.0 Å². The van der Waals surface area contributed by atoms with E-state index in [1.165, 1.54) is 30.0 Å². The fourth-order valence-electron chi connectivity index (χ4n) is 7.27. The van der Waals surface area contributed by atoms with Crippen LogP contribution >= 0.6 is 11.8 Å². The number of carbonyl (C=O) groups excluding carboxylic acids is 2. The number of nitrogens with zero attached hydrogens (tertiary/aromatic N) is 3. The second-order valence-corrected chi connectivity index (χ2v) is 14.5. The van der Waals surface area contributed by atoms with Crippen molar-refractivity contribution in [1.82, 2.24) is 20.1 Å². The number of para-hydroxylation sites is 1. The number of aliphatic carboxylic acids is 1. The zero-order valence-corrected chi connectivity index (χ0v) is 29.3. The number of amides is 2. The van der Waals surface area contributed by atoms with Crippen molar-refractivity contribution in [3.63, 3.8) is 0 Å². The molecule has 3 fully saturated rings. The Labute approximate surface area is 301 Å². The molecule has 2 saturated heterocycles. The van der Waals surface area contributed by atoms with Crippen molar-refractivity contribution in [1.29, 1.82) is 0 Å². The molecule has 1 saturated carbocycles. The Morgan fingerprint density at radius 2 is 1.85 bits per heavy atom. The first-order chi connectivity index (χ1) is 25.0. The smallest absolute Gasteiger partial charge is 0.352 e. The number of carbonyl (C=O) groups is 4. The fourth-order valence-corrected chi connectivity index (χ4v) is 8.62. The molecule has 2 amide bonds. The molecule has 4 heterocycles. The SMILES string of the molecule is COc1c(N2CC[C@@H]([C@H](C)NCC3=C(C(=O)O)N4C(=O)[C@@H](NC(=O)COc5ccccc5)[C@H]4SC3)C2)c(F)cc2c(=O)c(C(=O)O)cn(C3CC3)c12. The van der Waals surface area contributed by atoms with E-state index in [-0.39, 0.29) is 53.7 Å². The Hall–Kier alpha value is -5.09. The van der Waals surface area contributed by atoms with E-state index in [0.717, 1.165) is 18.9 Å². The summed E-state index contributed by atoms with van der Waals surface area (Å²) in [5, 5.41) is 25.3. The van der Waals surface area contributed by atoms with Gasteiger partial charge in [-0.3, -0.25) is 19.3 Å². The van der Waals surface area contributed by atoms with Crippen LogP contribution in [0.4, 0.5) is 10.1 Å². The summed E-state index contributed by atoms with van der Waals surface area (Å²) in [6, 6.07) is 8.88. The van der Waals surface area contributed by atoms with E-state index in [9.17, 15) is 34.2 Å². The van der Waals surface area contributed by atoms with E-state index >= 15 is 4.39 Å². The van der Waals surface area contributed by atoms with Gasteiger partial charge in [-0.1, -0.05) is 18.2 Å². The third kappa shape index (κ3) is 6.45. The van der Waals surface area contributed by atoms with Crippen molar-refractivity contribution in [2.45, 2.75) is 49.7 Å². The monoisotopic (exact) mass is 735 g/mol. The number of pyridine rings is 1. The van der Waals surface area contributed by atoms with Gasteiger partial charge in [0.2, 0.25) is 5.43 Å². The normalized spacial score (nSPS) is 21.8. The van der Waals surface area contributed by atoms with Crippen LogP contribution in [0.5, 0.6) is 11.5 Å². The third-order valence-corrected chi connectivity index (χ3v) is 11.5. The maximum atomic E-state index is 15.9. The highest BCUT2D eigenvalue weighted by atomic mass is 32.2. The molecule has 52 heavy (non-hydrogen) atoms. The molecule has 2 aromatic carbocycles. The summed E-state index contributed by atoms with van der Waals surface area (Å²) in [6.07, 6.45) is 3.61. The lowest BCUT2D eigenvalue weighted by Gasteiger charge is -2.49. The average molecular weight is 736 g/mol. The minimum absolute atomic E-state index is 0.0158. The predicted molar refractivity (Wildman–Crippen MR) is 189 cm³/mol. The van der Waals surface area contributed by atoms with Gasteiger partial charge in [-0.2, -0.15) is 0 Å². The molecule has 0 spiro atoms. The molecule has 1 aliphatic carbocycles. The molecule has 4 atom stereocenters. The number of β-lactam (4-membered cyclic amide) rings is 1. The number of rotatable bonds is 13. The summed E-state index contributed by atoms with van der Waals surface area (Å²) >= 11 is 1.38. The molecule has 1 aromatic heterocycles. The van der Waals surface area contributed by atoms with Gasteiger partial charge in [-0.05, 0) is 55.9 Å². The van der Waals surface area contributed by atoms with Crippen molar-refractivity contribution >= 4 is 52.1 Å². The van der Waals surface area contributed by atoms with Gasteiger partial charge in [0.15, 0.2) is 18.2 Å². The number of carboxylic acid groups (broad SMARTS) is 2. The number of carboxylic acids is 2. The molecule has 4 aliphatic rings. The minimum atomic E-state index is -1.37. The number of methoxy groups -OCH3 is 1. The average Bonchev–Trinajstić information content (AvgIpc) is 3.87. The van der Waals surface area contributed by atoms with Gasteiger partial charge in [0.05, 0.1) is 18.0 Å². The van der Waals surface area contributed by atoms with E-state index in [2.05, 4.69) is 10.6 Å². The summed E-state index contributed by atoms with van der Waals surface area (Å²) in [6.45, 7) is 2.82. The lowest BCUT2D eigenvalue weighted by Crippen LogP contribution is -2.71. The first-order valence-electron chi connectivity index (χ1n) is 17.0. The maximum absolute atomic E-state index is 15.9. The predicted octanol–water partition coefficient (Wildman–Crippen LogP) is 2.80. The molecule has 274 valence electrons. The first-order valence-corrected chi connectivity index (χ1v) is 18.1. The number of ether oxygens (including phenoxy) is 2. The maximum Gasteiger partial charge on any atom is 0.352 e. The minimum Gasteiger partial charge on any atom is -0.492 e. The number of hydrogen-bond donors (Lipinski definition) is 4. The van der Waals surface area contributed by atoms with Crippen LogP contribution < -0.4 is 30.4 Å². The van der Waals surface area contributed by atoms with E-state index in [0.29, 0.717) is 42.1 Å². The molecular formula is C36H38FN5O9S. The highest BCUT2D eigenvalue weighted by Crippen LogP contribution is 2.45. The fraction of sp³-hybridized carbons (Fsp3) is 0.417. The van der Waals surface area contributed by atoms with E-state index in [4.69, 9.17) is 9.47 Å². The number of anilines is 1. The summed E-state index contributed by atoms with van der Waals surface area (Å²) in [4.78, 5) is 66.1. The van der Waals surface area contributed by atoms with Gasteiger partial charge < -0.3 is 39.8 Å². The van der Waals surface area contributed by atoms with Crippen molar-refractivity contribution < 1.29 is 43.3 Å². The van der Waals surface area contributed by atoms with Gasteiger partial charge in [0.25, 0.3) is 11.8 Å². The molecule has 16 heteroatoms. The van der Waals surface area contributed by atoms with Gasteiger partial charge >= 0.3 is 11.9 Å². The van der Waals surface area contributed by atoms with Crippen molar-refractivity contribution in [2.24, 2.45) is 5.92 Å². The second-order valence-electron chi connectivity index (χ2n) is 13.4. The van der Waals surface area contributed by atoms with Crippen LogP contribution in [0.2, 0.25) is 0 Å². The van der Waals surface area contributed by atoms with Crippen LogP contribution in [0, 0.1) is 11.7 Å². The topological polar surface area (TPSA) is 180 Å². The Morgan fingerprint density at radius 3 is 2.52 bits per heavy atom. The van der Waals surface area contributed by atoms with Crippen molar-refractivity contribution in [3.05, 3.63) is 75.5 Å².